The zero-order valence-corrected chi connectivity index (χ0v) is 10.5. The van der Waals surface area contributed by atoms with Gasteiger partial charge in [0.25, 0.3) is 0 Å². The molecule has 94 valence electrons. The molecule has 0 saturated carbocycles. The van der Waals surface area contributed by atoms with Crippen LogP contribution in [0, 0.1) is 0 Å². The summed E-state index contributed by atoms with van der Waals surface area (Å²) in [7, 11) is 0. The quantitative estimate of drug-likeness (QED) is 0.669. The van der Waals surface area contributed by atoms with Crippen LogP contribution in [0.4, 0.5) is 0 Å². The number of furan rings is 1. The lowest BCUT2D eigenvalue weighted by molar-refractivity contribution is 0.0962. The molecule has 4 nitrogen and oxygen atoms in total. The first kappa shape index (κ1) is 11.6. The van der Waals surface area contributed by atoms with Crippen molar-refractivity contribution in [1.82, 2.24) is 9.97 Å². The molecular weight excluding hydrogens is 240 g/mol. The van der Waals surface area contributed by atoms with Crippen LogP contribution in [0.15, 0.2) is 47.1 Å². The number of nitrogens with zero attached hydrogens (tertiary/aromatic N) is 2. The van der Waals surface area contributed by atoms with Gasteiger partial charge in [-0.15, -0.1) is 0 Å². The highest BCUT2D eigenvalue weighted by atomic mass is 16.3. The number of hydrogen-bond donors (Lipinski definition) is 0. The minimum atomic E-state index is 0.00632. The highest BCUT2D eigenvalue weighted by molar-refractivity contribution is 5.93. The molecule has 0 saturated heterocycles. The molecule has 2 heterocycles. The van der Waals surface area contributed by atoms with E-state index >= 15 is 0 Å². The largest absolute Gasteiger partial charge is 0.453 e. The summed E-state index contributed by atoms with van der Waals surface area (Å²) in [6.45, 7) is 1.82. The van der Waals surface area contributed by atoms with Gasteiger partial charge in [-0.3, -0.25) is 14.8 Å². The standard InChI is InChI=1S/C15H12N2O2/c1-2-13(18)15-6-5-14(19-15)10-3-4-11-12(9-10)17-8-7-16-11/h3-9H,2H2,1H3. The molecule has 0 spiro atoms. The van der Waals surface area contributed by atoms with E-state index in [-0.39, 0.29) is 5.78 Å². The maximum Gasteiger partial charge on any atom is 0.197 e. The number of benzene rings is 1. The Kier molecular flexibility index (Phi) is 2.83. The van der Waals surface area contributed by atoms with Gasteiger partial charge < -0.3 is 4.42 Å². The molecule has 4 heteroatoms. The molecule has 1 aromatic carbocycles. The Morgan fingerprint density at radius 3 is 2.68 bits per heavy atom. The van der Waals surface area contributed by atoms with Crippen molar-refractivity contribution in [2.45, 2.75) is 13.3 Å². The van der Waals surface area contributed by atoms with Crippen molar-refractivity contribution >= 4 is 16.8 Å². The zero-order valence-electron chi connectivity index (χ0n) is 10.5. The van der Waals surface area contributed by atoms with Gasteiger partial charge in [-0.1, -0.05) is 6.92 Å². The predicted molar refractivity (Wildman–Crippen MR) is 71.9 cm³/mol. The van der Waals surface area contributed by atoms with E-state index in [4.69, 9.17) is 4.42 Å². The Balaban J connectivity index is 2.04. The number of Topliss-reactive ketones (excluding diaryl/α,β-unsaturated/α-hetero) is 1. The van der Waals surface area contributed by atoms with Crippen molar-refractivity contribution in [1.29, 1.82) is 0 Å². The van der Waals surface area contributed by atoms with Crippen LogP contribution in [0.2, 0.25) is 0 Å². The van der Waals surface area contributed by atoms with Gasteiger partial charge >= 0.3 is 0 Å². The number of carbonyl (C=O) groups is 1. The van der Waals surface area contributed by atoms with Crippen molar-refractivity contribution in [2.75, 3.05) is 0 Å². The number of rotatable bonds is 3. The summed E-state index contributed by atoms with van der Waals surface area (Å²) in [6.07, 6.45) is 3.75. The van der Waals surface area contributed by atoms with E-state index in [0.717, 1.165) is 16.6 Å². The first-order valence-electron chi connectivity index (χ1n) is 6.12. The molecule has 0 bridgehead atoms. The molecule has 2 aromatic heterocycles. The average Bonchev–Trinajstić information content (AvgIpc) is 2.95. The van der Waals surface area contributed by atoms with Gasteiger partial charge in [0, 0.05) is 24.4 Å². The molecule has 0 aliphatic carbocycles. The monoisotopic (exact) mass is 252 g/mol. The summed E-state index contributed by atoms with van der Waals surface area (Å²) in [5.41, 5.74) is 2.53. The highest BCUT2D eigenvalue weighted by Gasteiger charge is 2.10. The van der Waals surface area contributed by atoms with E-state index in [2.05, 4.69) is 9.97 Å². The molecule has 0 radical (unpaired) electrons. The summed E-state index contributed by atoms with van der Waals surface area (Å²) >= 11 is 0. The first-order valence-corrected chi connectivity index (χ1v) is 6.12. The van der Waals surface area contributed by atoms with Gasteiger partial charge in [0.2, 0.25) is 0 Å². The second-order valence-electron chi connectivity index (χ2n) is 4.20. The second-order valence-corrected chi connectivity index (χ2v) is 4.20. The van der Waals surface area contributed by atoms with E-state index in [1.807, 2.05) is 25.1 Å². The molecule has 0 N–H and O–H groups in total. The van der Waals surface area contributed by atoms with Gasteiger partial charge in [0.1, 0.15) is 5.76 Å². The van der Waals surface area contributed by atoms with Crippen LogP contribution in [0.1, 0.15) is 23.9 Å². The summed E-state index contributed by atoms with van der Waals surface area (Å²) in [6, 6.07) is 9.22. The van der Waals surface area contributed by atoms with Gasteiger partial charge in [-0.2, -0.15) is 0 Å². The van der Waals surface area contributed by atoms with Crippen LogP contribution < -0.4 is 0 Å². The predicted octanol–water partition coefficient (Wildman–Crippen LogP) is 3.48. The molecular formula is C15H12N2O2. The van der Waals surface area contributed by atoms with Crippen molar-refractivity contribution in [3.63, 3.8) is 0 Å². The Bertz CT molecular complexity index is 746. The number of fused-ring (bicyclic) bond motifs is 1. The third kappa shape index (κ3) is 2.12. The van der Waals surface area contributed by atoms with Crippen LogP contribution >= 0.6 is 0 Å². The fourth-order valence-corrected chi connectivity index (χ4v) is 1.93. The van der Waals surface area contributed by atoms with Gasteiger partial charge in [-0.05, 0) is 30.3 Å². The Morgan fingerprint density at radius 1 is 1.11 bits per heavy atom. The number of ketones is 1. The van der Waals surface area contributed by atoms with Crippen LogP contribution in [0.5, 0.6) is 0 Å². The molecule has 0 aliphatic rings. The molecule has 0 aliphatic heterocycles. The Labute approximate surface area is 110 Å². The van der Waals surface area contributed by atoms with E-state index in [9.17, 15) is 4.79 Å². The van der Waals surface area contributed by atoms with Gasteiger partial charge in [0.05, 0.1) is 11.0 Å². The van der Waals surface area contributed by atoms with Crippen LogP contribution in [0.25, 0.3) is 22.4 Å². The summed E-state index contributed by atoms with van der Waals surface area (Å²) in [5, 5.41) is 0. The lowest BCUT2D eigenvalue weighted by Crippen LogP contribution is -1.92. The molecule has 0 fully saturated rings. The van der Waals surface area contributed by atoms with Crippen molar-refractivity contribution in [3.05, 3.63) is 48.5 Å². The molecule has 19 heavy (non-hydrogen) atoms. The molecule has 0 amide bonds. The topological polar surface area (TPSA) is 56.0 Å². The smallest absolute Gasteiger partial charge is 0.197 e. The van der Waals surface area contributed by atoms with Crippen LogP contribution in [0.3, 0.4) is 0 Å². The van der Waals surface area contributed by atoms with E-state index < -0.39 is 0 Å². The lowest BCUT2D eigenvalue weighted by Gasteiger charge is -1.99. The Hall–Kier alpha value is -2.49. The van der Waals surface area contributed by atoms with Crippen LogP contribution in [-0.4, -0.2) is 15.8 Å². The second kappa shape index (κ2) is 4.65. The maximum atomic E-state index is 11.6. The average molecular weight is 252 g/mol. The minimum absolute atomic E-state index is 0.00632. The SMILES string of the molecule is CCC(=O)c1ccc(-c2ccc3nccnc3c2)o1. The summed E-state index contributed by atoms with van der Waals surface area (Å²) in [4.78, 5) is 20.0. The highest BCUT2D eigenvalue weighted by Crippen LogP contribution is 2.25. The zero-order chi connectivity index (χ0) is 13.2. The molecule has 3 rings (SSSR count). The number of aromatic nitrogens is 2. The van der Waals surface area contributed by atoms with Crippen molar-refractivity contribution in [2.24, 2.45) is 0 Å². The van der Waals surface area contributed by atoms with Crippen LogP contribution in [-0.2, 0) is 0 Å². The normalized spacial score (nSPS) is 10.8. The van der Waals surface area contributed by atoms with Crippen molar-refractivity contribution in [3.8, 4) is 11.3 Å². The molecule has 3 aromatic rings. The van der Waals surface area contributed by atoms with E-state index in [1.54, 1.807) is 24.5 Å². The third-order valence-corrected chi connectivity index (χ3v) is 2.96. The van der Waals surface area contributed by atoms with Crippen molar-refractivity contribution < 1.29 is 9.21 Å². The van der Waals surface area contributed by atoms with Gasteiger partial charge in [-0.25, -0.2) is 0 Å². The molecule has 0 atom stereocenters. The van der Waals surface area contributed by atoms with E-state index in [0.29, 0.717) is 17.9 Å². The summed E-state index contributed by atoms with van der Waals surface area (Å²) in [5.74, 6) is 1.08. The third-order valence-electron chi connectivity index (χ3n) is 2.96. The molecule has 0 unspecified atom stereocenters. The fraction of sp³-hybridized carbons (Fsp3) is 0.133. The van der Waals surface area contributed by atoms with E-state index in [1.165, 1.54) is 0 Å². The minimum Gasteiger partial charge on any atom is -0.453 e. The number of hydrogen-bond acceptors (Lipinski definition) is 4. The summed E-state index contributed by atoms with van der Waals surface area (Å²) < 4.78 is 5.57. The fourth-order valence-electron chi connectivity index (χ4n) is 1.93. The first-order chi connectivity index (χ1) is 9.28. The number of carbonyl (C=O) groups excluding carboxylic acids is 1. The maximum absolute atomic E-state index is 11.6. The lowest BCUT2D eigenvalue weighted by atomic mass is 10.1. The Morgan fingerprint density at radius 2 is 1.89 bits per heavy atom. The van der Waals surface area contributed by atoms with Gasteiger partial charge in [0.15, 0.2) is 11.5 Å².